The van der Waals surface area contributed by atoms with E-state index in [2.05, 4.69) is 0 Å². The quantitative estimate of drug-likeness (QED) is 0.836. The topological polar surface area (TPSA) is 40.5 Å². The molecular weight excluding hydrogens is 209 g/mol. The molecule has 86 valence electrons. The standard InChI is InChI=1S/C12H14FNO2/c1-8-2-3-9(7-11(8)13)6-10-4-5-14(10)12(15)16/h2-3,7,10H,4-6H2,1H3,(H,15,16)/t10-/m0/s1. The maximum atomic E-state index is 13.3. The fourth-order valence-corrected chi connectivity index (χ4v) is 1.94. The van der Waals surface area contributed by atoms with Gasteiger partial charge in [0.1, 0.15) is 5.82 Å². The minimum Gasteiger partial charge on any atom is -0.465 e. The number of rotatable bonds is 2. The van der Waals surface area contributed by atoms with Crippen LogP contribution in [0.4, 0.5) is 9.18 Å². The van der Waals surface area contributed by atoms with Gasteiger partial charge in [-0.1, -0.05) is 12.1 Å². The van der Waals surface area contributed by atoms with E-state index < -0.39 is 6.09 Å². The minimum atomic E-state index is -0.885. The lowest BCUT2D eigenvalue weighted by molar-refractivity contribution is 0.0757. The normalized spacial score (nSPS) is 19.4. The zero-order valence-corrected chi connectivity index (χ0v) is 9.11. The van der Waals surface area contributed by atoms with Crippen LogP contribution >= 0.6 is 0 Å². The average Bonchev–Trinajstić information content (AvgIpc) is 2.17. The van der Waals surface area contributed by atoms with E-state index in [1.807, 2.05) is 6.07 Å². The maximum absolute atomic E-state index is 13.3. The smallest absolute Gasteiger partial charge is 0.407 e. The molecular formula is C12H14FNO2. The average molecular weight is 223 g/mol. The van der Waals surface area contributed by atoms with Crippen LogP contribution in [-0.2, 0) is 6.42 Å². The van der Waals surface area contributed by atoms with Crippen molar-refractivity contribution in [1.29, 1.82) is 0 Å². The number of carboxylic acid groups (broad SMARTS) is 1. The lowest BCUT2D eigenvalue weighted by atomic mass is 9.95. The van der Waals surface area contributed by atoms with Gasteiger partial charge in [-0.3, -0.25) is 0 Å². The van der Waals surface area contributed by atoms with Gasteiger partial charge in [0.15, 0.2) is 0 Å². The van der Waals surface area contributed by atoms with E-state index in [0.717, 1.165) is 12.0 Å². The van der Waals surface area contributed by atoms with Crippen LogP contribution in [0.1, 0.15) is 17.5 Å². The Kier molecular flexibility index (Phi) is 2.81. The van der Waals surface area contributed by atoms with E-state index in [1.165, 1.54) is 11.0 Å². The summed E-state index contributed by atoms with van der Waals surface area (Å²) in [5, 5.41) is 8.83. The molecule has 1 aromatic rings. The Morgan fingerprint density at radius 2 is 2.38 bits per heavy atom. The first kappa shape index (κ1) is 10.9. The van der Waals surface area contributed by atoms with Crippen LogP contribution in [0, 0.1) is 12.7 Å². The van der Waals surface area contributed by atoms with E-state index >= 15 is 0 Å². The highest BCUT2D eigenvalue weighted by Gasteiger charge is 2.31. The van der Waals surface area contributed by atoms with Crippen LogP contribution in [0.5, 0.6) is 0 Å². The highest BCUT2D eigenvalue weighted by atomic mass is 19.1. The summed E-state index contributed by atoms with van der Waals surface area (Å²) in [6.45, 7) is 2.31. The molecule has 1 fully saturated rings. The molecule has 1 heterocycles. The molecule has 3 nitrogen and oxygen atoms in total. The molecule has 0 spiro atoms. The molecule has 0 bridgehead atoms. The van der Waals surface area contributed by atoms with Crippen LogP contribution in [-0.4, -0.2) is 28.7 Å². The van der Waals surface area contributed by atoms with Gasteiger partial charge in [0.2, 0.25) is 0 Å². The Balaban J connectivity index is 2.04. The predicted molar refractivity (Wildman–Crippen MR) is 58.0 cm³/mol. The molecule has 1 atom stereocenters. The van der Waals surface area contributed by atoms with Gasteiger partial charge in [-0.05, 0) is 37.0 Å². The fraction of sp³-hybridized carbons (Fsp3) is 0.417. The molecule has 16 heavy (non-hydrogen) atoms. The number of benzene rings is 1. The Morgan fingerprint density at radius 3 is 2.88 bits per heavy atom. The first-order chi connectivity index (χ1) is 7.58. The molecule has 1 saturated heterocycles. The van der Waals surface area contributed by atoms with Crippen LogP contribution in [0.3, 0.4) is 0 Å². The van der Waals surface area contributed by atoms with Gasteiger partial charge in [-0.25, -0.2) is 9.18 Å². The number of amides is 1. The molecule has 1 aliphatic heterocycles. The predicted octanol–water partition coefficient (Wildman–Crippen LogP) is 2.43. The second-order valence-corrected chi connectivity index (χ2v) is 4.21. The maximum Gasteiger partial charge on any atom is 0.407 e. The van der Waals surface area contributed by atoms with Gasteiger partial charge in [0.25, 0.3) is 0 Å². The Morgan fingerprint density at radius 1 is 1.62 bits per heavy atom. The number of carbonyl (C=O) groups is 1. The zero-order valence-electron chi connectivity index (χ0n) is 9.11. The van der Waals surface area contributed by atoms with Crippen molar-refractivity contribution in [3.05, 3.63) is 35.1 Å². The Labute approximate surface area is 93.5 Å². The zero-order chi connectivity index (χ0) is 11.7. The third-order valence-electron chi connectivity index (χ3n) is 3.10. The molecule has 0 saturated carbocycles. The summed E-state index contributed by atoms with van der Waals surface area (Å²) >= 11 is 0. The van der Waals surface area contributed by atoms with Crippen molar-refractivity contribution in [2.45, 2.75) is 25.8 Å². The number of aryl methyl sites for hydroxylation is 1. The van der Waals surface area contributed by atoms with E-state index in [-0.39, 0.29) is 11.9 Å². The highest BCUT2D eigenvalue weighted by Crippen LogP contribution is 2.22. The number of hydrogen-bond acceptors (Lipinski definition) is 1. The first-order valence-electron chi connectivity index (χ1n) is 5.32. The highest BCUT2D eigenvalue weighted by molar-refractivity contribution is 5.66. The van der Waals surface area contributed by atoms with Crippen molar-refractivity contribution in [1.82, 2.24) is 4.90 Å². The van der Waals surface area contributed by atoms with Gasteiger partial charge in [-0.15, -0.1) is 0 Å². The number of nitrogens with zero attached hydrogens (tertiary/aromatic N) is 1. The van der Waals surface area contributed by atoms with Crippen molar-refractivity contribution in [3.63, 3.8) is 0 Å². The molecule has 4 heteroatoms. The lowest BCUT2D eigenvalue weighted by Gasteiger charge is -2.38. The molecule has 1 N–H and O–H groups in total. The SMILES string of the molecule is Cc1ccc(C[C@@H]2CCN2C(=O)O)cc1F. The van der Waals surface area contributed by atoms with E-state index in [9.17, 15) is 9.18 Å². The molecule has 0 aliphatic carbocycles. The second-order valence-electron chi connectivity index (χ2n) is 4.21. The summed E-state index contributed by atoms with van der Waals surface area (Å²) in [6.07, 6.45) is 0.578. The van der Waals surface area contributed by atoms with Gasteiger partial charge >= 0.3 is 6.09 Å². The molecule has 2 rings (SSSR count). The van der Waals surface area contributed by atoms with Crippen molar-refractivity contribution < 1.29 is 14.3 Å². The fourth-order valence-electron chi connectivity index (χ4n) is 1.94. The molecule has 0 radical (unpaired) electrons. The molecule has 1 aromatic carbocycles. The van der Waals surface area contributed by atoms with E-state index in [1.54, 1.807) is 13.0 Å². The van der Waals surface area contributed by atoms with Crippen molar-refractivity contribution >= 4 is 6.09 Å². The van der Waals surface area contributed by atoms with Crippen LogP contribution in [0.2, 0.25) is 0 Å². The van der Waals surface area contributed by atoms with Crippen LogP contribution in [0.25, 0.3) is 0 Å². The lowest BCUT2D eigenvalue weighted by Crippen LogP contribution is -2.51. The summed E-state index contributed by atoms with van der Waals surface area (Å²) in [6, 6.07) is 5.10. The molecule has 0 unspecified atom stereocenters. The van der Waals surface area contributed by atoms with Gasteiger partial charge < -0.3 is 10.0 Å². The Bertz CT molecular complexity index is 419. The molecule has 0 aromatic heterocycles. The van der Waals surface area contributed by atoms with E-state index in [0.29, 0.717) is 18.5 Å². The van der Waals surface area contributed by atoms with E-state index in [4.69, 9.17) is 5.11 Å². The second kappa shape index (κ2) is 4.12. The van der Waals surface area contributed by atoms with Gasteiger partial charge in [-0.2, -0.15) is 0 Å². The number of likely N-dealkylation sites (tertiary alicyclic amines) is 1. The van der Waals surface area contributed by atoms with Gasteiger partial charge in [0.05, 0.1) is 0 Å². The first-order valence-corrected chi connectivity index (χ1v) is 5.32. The van der Waals surface area contributed by atoms with Crippen molar-refractivity contribution in [2.24, 2.45) is 0 Å². The summed E-state index contributed by atoms with van der Waals surface area (Å²) in [5.41, 5.74) is 1.48. The van der Waals surface area contributed by atoms with Crippen molar-refractivity contribution in [3.8, 4) is 0 Å². The van der Waals surface area contributed by atoms with Crippen molar-refractivity contribution in [2.75, 3.05) is 6.54 Å². The third-order valence-corrected chi connectivity index (χ3v) is 3.10. The molecule has 1 amide bonds. The van der Waals surface area contributed by atoms with Crippen LogP contribution in [0.15, 0.2) is 18.2 Å². The summed E-state index contributed by atoms with van der Waals surface area (Å²) < 4.78 is 13.3. The minimum absolute atomic E-state index is 0.0135. The van der Waals surface area contributed by atoms with Gasteiger partial charge in [0, 0.05) is 12.6 Å². The summed E-state index contributed by atoms with van der Waals surface area (Å²) in [7, 11) is 0. The number of hydrogen-bond donors (Lipinski definition) is 1. The monoisotopic (exact) mass is 223 g/mol. The largest absolute Gasteiger partial charge is 0.465 e. The molecule has 1 aliphatic rings. The third kappa shape index (κ3) is 2.01. The summed E-state index contributed by atoms with van der Waals surface area (Å²) in [5.74, 6) is -0.223. The summed E-state index contributed by atoms with van der Waals surface area (Å²) in [4.78, 5) is 12.2. The van der Waals surface area contributed by atoms with Crippen LogP contribution < -0.4 is 0 Å². The number of halogens is 1. The Hall–Kier alpha value is -1.58.